The number of methoxy groups -OCH3 is 1. The minimum Gasteiger partial charge on any atom is -0.497 e. The Morgan fingerprint density at radius 3 is 2.45 bits per heavy atom. The van der Waals surface area contributed by atoms with Crippen molar-refractivity contribution in [2.24, 2.45) is 0 Å². The molecule has 4 heteroatoms. The van der Waals surface area contributed by atoms with Crippen molar-refractivity contribution in [3.63, 3.8) is 0 Å². The standard InChI is InChI=1S/C18H20N2O2/c1-4-18(2)19-16-8-6-5-7-15(16)17(21)20(18)13-9-11-14(22-3)12-10-13/h5-12,19H,4H2,1-3H3/t18-/m0/s1. The number of carbonyl (C=O) groups excluding carboxylic acids is 1. The van der Waals surface area contributed by atoms with E-state index in [1.807, 2.05) is 60.4 Å². The van der Waals surface area contributed by atoms with Gasteiger partial charge >= 0.3 is 0 Å². The summed E-state index contributed by atoms with van der Waals surface area (Å²) < 4.78 is 5.20. The first-order chi connectivity index (χ1) is 10.6. The van der Waals surface area contributed by atoms with Gasteiger partial charge < -0.3 is 10.1 Å². The van der Waals surface area contributed by atoms with Crippen molar-refractivity contribution in [3.8, 4) is 5.75 Å². The molecule has 1 heterocycles. The maximum absolute atomic E-state index is 13.0. The molecule has 3 rings (SSSR count). The Morgan fingerprint density at radius 2 is 1.82 bits per heavy atom. The predicted molar refractivity (Wildman–Crippen MR) is 88.6 cm³/mol. The van der Waals surface area contributed by atoms with Gasteiger partial charge in [-0.1, -0.05) is 19.1 Å². The number of hydrogen-bond acceptors (Lipinski definition) is 3. The van der Waals surface area contributed by atoms with Gasteiger partial charge in [0, 0.05) is 11.4 Å². The minimum absolute atomic E-state index is 0.0175. The Balaban J connectivity index is 2.09. The number of carbonyl (C=O) groups is 1. The Bertz CT molecular complexity index is 696. The molecule has 0 saturated carbocycles. The number of nitrogens with zero attached hydrogens (tertiary/aromatic N) is 1. The molecule has 0 fully saturated rings. The van der Waals surface area contributed by atoms with Crippen LogP contribution >= 0.6 is 0 Å². The van der Waals surface area contributed by atoms with Gasteiger partial charge in [0.1, 0.15) is 11.4 Å². The van der Waals surface area contributed by atoms with Gasteiger partial charge in [-0.05, 0) is 49.7 Å². The van der Waals surface area contributed by atoms with Crippen LogP contribution in [0.5, 0.6) is 5.75 Å². The average Bonchev–Trinajstić information content (AvgIpc) is 2.55. The lowest BCUT2D eigenvalue weighted by molar-refractivity contribution is 0.0956. The van der Waals surface area contributed by atoms with E-state index in [1.54, 1.807) is 7.11 Å². The highest BCUT2D eigenvalue weighted by Crippen LogP contribution is 2.37. The van der Waals surface area contributed by atoms with Crippen molar-refractivity contribution in [2.75, 3.05) is 17.3 Å². The predicted octanol–water partition coefficient (Wildman–Crippen LogP) is 3.89. The summed E-state index contributed by atoms with van der Waals surface area (Å²) in [4.78, 5) is 14.8. The third kappa shape index (κ3) is 2.21. The number of amides is 1. The van der Waals surface area contributed by atoms with Crippen LogP contribution in [0.2, 0.25) is 0 Å². The van der Waals surface area contributed by atoms with Gasteiger partial charge in [-0.3, -0.25) is 9.69 Å². The van der Waals surface area contributed by atoms with Gasteiger partial charge in [0.2, 0.25) is 0 Å². The fourth-order valence-corrected chi connectivity index (χ4v) is 2.85. The number of nitrogens with one attached hydrogen (secondary N) is 1. The van der Waals surface area contributed by atoms with Crippen molar-refractivity contribution in [3.05, 3.63) is 54.1 Å². The fourth-order valence-electron chi connectivity index (χ4n) is 2.85. The average molecular weight is 296 g/mol. The summed E-state index contributed by atoms with van der Waals surface area (Å²) in [5.74, 6) is 0.795. The zero-order valence-electron chi connectivity index (χ0n) is 13.1. The Labute approximate surface area is 130 Å². The molecule has 114 valence electrons. The first-order valence-electron chi connectivity index (χ1n) is 7.45. The highest BCUT2D eigenvalue weighted by Gasteiger charge is 2.40. The van der Waals surface area contributed by atoms with Crippen molar-refractivity contribution < 1.29 is 9.53 Å². The first-order valence-corrected chi connectivity index (χ1v) is 7.45. The van der Waals surface area contributed by atoms with Gasteiger partial charge in [-0.25, -0.2) is 0 Å². The Kier molecular flexibility index (Phi) is 3.53. The zero-order valence-corrected chi connectivity index (χ0v) is 13.1. The molecule has 1 atom stereocenters. The Hall–Kier alpha value is -2.49. The van der Waals surface area contributed by atoms with Crippen LogP contribution in [0.4, 0.5) is 11.4 Å². The summed E-state index contributed by atoms with van der Waals surface area (Å²) in [6, 6.07) is 15.2. The second-order valence-corrected chi connectivity index (χ2v) is 5.64. The molecule has 0 spiro atoms. The maximum Gasteiger partial charge on any atom is 0.262 e. The fraction of sp³-hybridized carbons (Fsp3) is 0.278. The largest absolute Gasteiger partial charge is 0.497 e. The highest BCUT2D eigenvalue weighted by molar-refractivity contribution is 6.12. The molecule has 0 radical (unpaired) electrons. The van der Waals surface area contributed by atoms with Crippen molar-refractivity contribution >= 4 is 17.3 Å². The van der Waals surface area contributed by atoms with Crippen LogP contribution in [-0.4, -0.2) is 18.7 Å². The van der Waals surface area contributed by atoms with Crippen LogP contribution < -0.4 is 15.0 Å². The molecule has 2 aromatic carbocycles. The van der Waals surface area contributed by atoms with E-state index >= 15 is 0 Å². The third-order valence-corrected chi connectivity index (χ3v) is 4.28. The zero-order chi connectivity index (χ0) is 15.7. The molecule has 1 aliphatic heterocycles. The number of rotatable bonds is 3. The van der Waals surface area contributed by atoms with Crippen LogP contribution in [0.1, 0.15) is 30.6 Å². The normalized spacial score (nSPS) is 20.3. The molecule has 0 saturated heterocycles. The molecule has 1 N–H and O–H groups in total. The second-order valence-electron chi connectivity index (χ2n) is 5.64. The van der Waals surface area contributed by atoms with E-state index in [2.05, 4.69) is 12.2 Å². The van der Waals surface area contributed by atoms with Crippen molar-refractivity contribution in [1.29, 1.82) is 0 Å². The van der Waals surface area contributed by atoms with Gasteiger partial charge in [-0.15, -0.1) is 0 Å². The van der Waals surface area contributed by atoms with Gasteiger partial charge in [-0.2, -0.15) is 0 Å². The van der Waals surface area contributed by atoms with Crippen LogP contribution in [0, 0.1) is 0 Å². The smallest absolute Gasteiger partial charge is 0.262 e. The van der Waals surface area contributed by atoms with Gasteiger partial charge in [0.05, 0.1) is 12.7 Å². The molecule has 22 heavy (non-hydrogen) atoms. The third-order valence-electron chi connectivity index (χ3n) is 4.28. The van der Waals surface area contributed by atoms with E-state index in [0.717, 1.165) is 23.5 Å². The monoisotopic (exact) mass is 296 g/mol. The molecule has 4 nitrogen and oxygen atoms in total. The van der Waals surface area contributed by atoms with Gasteiger partial charge in [0.15, 0.2) is 0 Å². The molecule has 2 aromatic rings. The summed E-state index contributed by atoms with van der Waals surface area (Å²) in [7, 11) is 1.63. The second kappa shape index (κ2) is 5.37. The maximum atomic E-state index is 13.0. The van der Waals surface area contributed by atoms with Crippen LogP contribution in [0.3, 0.4) is 0 Å². The quantitative estimate of drug-likeness (QED) is 0.934. The van der Waals surface area contributed by atoms with Crippen LogP contribution in [0.15, 0.2) is 48.5 Å². The molecule has 0 bridgehead atoms. The Morgan fingerprint density at radius 1 is 1.14 bits per heavy atom. The molecule has 0 unspecified atom stereocenters. The first kappa shape index (κ1) is 14.4. The van der Waals surface area contributed by atoms with Crippen LogP contribution in [0.25, 0.3) is 0 Å². The number of ether oxygens (including phenoxy) is 1. The summed E-state index contributed by atoms with van der Waals surface area (Å²) in [6.07, 6.45) is 0.791. The van der Waals surface area contributed by atoms with E-state index in [9.17, 15) is 4.79 Å². The lowest BCUT2D eigenvalue weighted by Crippen LogP contribution is -2.58. The summed E-state index contributed by atoms with van der Waals surface area (Å²) in [5.41, 5.74) is 1.99. The topological polar surface area (TPSA) is 41.6 Å². The molecular weight excluding hydrogens is 276 g/mol. The van der Waals surface area contributed by atoms with E-state index < -0.39 is 5.66 Å². The number of hydrogen-bond donors (Lipinski definition) is 1. The lowest BCUT2D eigenvalue weighted by Gasteiger charge is -2.46. The highest BCUT2D eigenvalue weighted by atomic mass is 16.5. The van der Waals surface area contributed by atoms with E-state index in [1.165, 1.54) is 0 Å². The number of fused-ring (bicyclic) bond motifs is 1. The SMILES string of the molecule is CC[C@@]1(C)Nc2ccccc2C(=O)N1c1ccc(OC)cc1. The molecule has 0 aliphatic carbocycles. The van der Waals surface area contributed by atoms with Crippen molar-refractivity contribution in [2.45, 2.75) is 25.9 Å². The lowest BCUT2D eigenvalue weighted by atomic mass is 9.97. The number of benzene rings is 2. The molecule has 0 aromatic heterocycles. The molecular formula is C18H20N2O2. The summed E-state index contributed by atoms with van der Waals surface area (Å²) in [6.45, 7) is 4.12. The number of anilines is 2. The molecule has 1 aliphatic rings. The minimum atomic E-state index is -0.458. The van der Waals surface area contributed by atoms with Crippen molar-refractivity contribution in [1.82, 2.24) is 0 Å². The van der Waals surface area contributed by atoms with E-state index in [4.69, 9.17) is 4.74 Å². The van der Waals surface area contributed by atoms with E-state index in [-0.39, 0.29) is 5.91 Å². The van der Waals surface area contributed by atoms with Crippen LogP contribution in [-0.2, 0) is 0 Å². The van der Waals surface area contributed by atoms with E-state index in [0.29, 0.717) is 5.56 Å². The van der Waals surface area contributed by atoms with Gasteiger partial charge in [0.25, 0.3) is 5.91 Å². The summed E-state index contributed by atoms with van der Waals surface area (Å²) in [5, 5.41) is 3.50. The number of para-hydroxylation sites is 1. The summed E-state index contributed by atoms with van der Waals surface area (Å²) >= 11 is 0. The molecule has 1 amide bonds.